The van der Waals surface area contributed by atoms with Gasteiger partial charge in [-0.25, -0.2) is 4.79 Å². The first kappa shape index (κ1) is 19.9. The Bertz CT molecular complexity index is 875. The van der Waals surface area contributed by atoms with Gasteiger partial charge in [-0.2, -0.15) is 0 Å². The summed E-state index contributed by atoms with van der Waals surface area (Å²) in [5, 5.41) is 2.86. The molecule has 5 heteroatoms. The Morgan fingerprint density at radius 2 is 1.86 bits per heavy atom. The van der Waals surface area contributed by atoms with Crippen LogP contribution in [0.15, 0.2) is 36.4 Å². The van der Waals surface area contributed by atoms with Gasteiger partial charge in [-0.05, 0) is 87.4 Å². The Labute approximate surface area is 166 Å². The topological polar surface area (TPSA) is 64.6 Å². The van der Waals surface area contributed by atoms with Crippen molar-refractivity contribution < 1.29 is 19.1 Å². The van der Waals surface area contributed by atoms with Crippen LogP contribution >= 0.6 is 0 Å². The van der Waals surface area contributed by atoms with Crippen molar-refractivity contribution in [1.82, 2.24) is 0 Å². The predicted molar refractivity (Wildman–Crippen MR) is 109 cm³/mol. The number of anilines is 1. The molecule has 0 spiro atoms. The average Bonchev–Trinajstić information content (AvgIpc) is 2.69. The van der Waals surface area contributed by atoms with Crippen LogP contribution < -0.4 is 10.1 Å². The van der Waals surface area contributed by atoms with Gasteiger partial charge in [0.15, 0.2) is 6.10 Å². The highest BCUT2D eigenvalue weighted by atomic mass is 16.5. The molecule has 0 saturated heterocycles. The first-order valence-corrected chi connectivity index (χ1v) is 9.85. The van der Waals surface area contributed by atoms with Gasteiger partial charge < -0.3 is 14.8 Å². The van der Waals surface area contributed by atoms with Gasteiger partial charge in [0.05, 0.1) is 12.2 Å². The molecule has 0 aliphatic heterocycles. The van der Waals surface area contributed by atoms with E-state index in [0.29, 0.717) is 29.2 Å². The fourth-order valence-corrected chi connectivity index (χ4v) is 3.48. The minimum atomic E-state index is -0.660. The Morgan fingerprint density at radius 3 is 2.61 bits per heavy atom. The second kappa shape index (κ2) is 8.91. The lowest BCUT2D eigenvalue weighted by Crippen LogP contribution is -2.30. The summed E-state index contributed by atoms with van der Waals surface area (Å²) in [4.78, 5) is 24.6. The smallest absolute Gasteiger partial charge is 0.338 e. The molecule has 3 rings (SSSR count). The zero-order chi connectivity index (χ0) is 20.1. The lowest BCUT2D eigenvalue weighted by molar-refractivity contribution is -0.122. The van der Waals surface area contributed by atoms with Crippen LogP contribution in [0, 0.1) is 6.92 Å². The average molecular weight is 381 g/mol. The van der Waals surface area contributed by atoms with Crippen LogP contribution in [0.2, 0.25) is 0 Å². The van der Waals surface area contributed by atoms with E-state index in [1.807, 2.05) is 12.1 Å². The van der Waals surface area contributed by atoms with E-state index in [0.717, 1.165) is 12.8 Å². The molecule has 0 bridgehead atoms. The summed E-state index contributed by atoms with van der Waals surface area (Å²) >= 11 is 0. The molecule has 1 atom stereocenters. The fourth-order valence-electron chi connectivity index (χ4n) is 3.48. The van der Waals surface area contributed by atoms with Crippen molar-refractivity contribution in [2.75, 3.05) is 11.9 Å². The van der Waals surface area contributed by atoms with E-state index in [2.05, 4.69) is 11.4 Å². The maximum atomic E-state index is 12.6. The maximum Gasteiger partial charge on any atom is 0.338 e. The normalized spacial score (nSPS) is 14.0. The number of ether oxygens (including phenoxy) is 2. The largest absolute Gasteiger partial charge is 0.481 e. The van der Waals surface area contributed by atoms with Crippen molar-refractivity contribution in [3.63, 3.8) is 0 Å². The predicted octanol–water partition coefficient (Wildman–Crippen LogP) is 4.46. The third kappa shape index (κ3) is 4.53. The Balaban J connectivity index is 1.68. The highest BCUT2D eigenvalue weighted by molar-refractivity contribution is 5.98. The summed E-state index contributed by atoms with van der Waals surface area (Å²) < 4.78 is 10.9. The van der Waals surface area contributed by atoms with Crippen LogP contribution in [0.4, 0.5) is 5.69 Å². The standard InChI is InChI=1S/C23H27NO4/c1-4-27-23(26)20-10-7-11-21(15(20)2)24-22(25)16(3)28-19-13-12-17-8-5-6-9-18(17)14-19/h7,10-14,16H,4-6,8-9H2,1-3H3,(H,24,25). The van der Waals surface area contributed by atoms with E-state index in [1.165, 1.54) is 24.0 Å². The number of rotatable bonds is 6. The van der Waals surface area contributed by atoms with Gasteiger partial charge in [0.25, 0.3) is 5.91 Å². The van der Waals surface area contributed by atoms with Gasteiger partial charge in [0.1, 0.15) is 5.75 Å². The third-order valence-corrected chi connectivity index (χ3v) is 5.09. The molecule has 0 aromatic heterocycles. The molecule has 2 aromatic carbocycles. The van der Waals surface area contributed by atoms with Crippen LogP contribution in [0.5, 0.6) is 5.75 Å². The summed E-state index contributed by atoms with van der Waals surface area (Å²) in [6, 6.07) is 11.3. The third-order valence-electron chi connectivity index (χ3n) is 5.09. The lowest BCUT2D eigenvalue weighted by Gasteiger charge is -2.19. The molecule has 1 N–H and O–H groups in total. The maximum absolute atomic E-state index is 12.6. The van der Waals surface area contributed by atoms with Crippen LogP contribution in [-0.4, -0.2) is 24.6 Å². The van der Waals surface area contributed by atoms with E-state index in [-0.39, 0.29) is 5.91 Å². The number of carbonyl (C=O) groups is 2. The van der Waals surface area contributed by atoms with Crippen LogP contribution in [0.25, 0.3) is 0 Å². The monoisotopic (exact) mass is 381 g/mol. The van der Waals surface area contributed by atoms with E-state index < -0.39 is 12.1 Å². The molecule has 1 aliphatic carbocycles. The molecule has 0 saturated carbocycles. The van der Waals surface area contributed by atoms with Crippen LogP contribution in [0.1, 0.15) is 53.7 Å². The van der Waals surface area contributed by atoms with E-state index >= 15 is 0 Å². The summed E-state index contributed by atoms with van der Waals surface area (Å²) in [6.45, 7) is 5.58. The molecular weight excluding hydrogens is 354 g/mol. The Hall–Kier alpha value is -2.82. The van der Waals surface area contributed by atoms with Crippen LogP contribution in [-0.2, 0) is 22.4 Å². The summed E-state index contributed by atoms with van der Waals surface area (Å²) in [7, 11) is 0. The van der Waals surface area contributed by atoms with Gasteiger partial charge in [-0.15, -0.1) is 0 Å². The fraction of sp³-hybridized carbons (Fsp3) is 0.391. The van der Waals surface area contributed by atoms with Crippen molar-refractivity contribution in [2.45, 2.75) is 52.6 Å². The summed E-state index contributed by atoms with van der Waals surface area (Å²) in [6.07, 6.45) is 3.94. The van der Waals surface area contributed by atoms with Gasteiger partial charge in [-0.1, -0.05) is 12.1 Å². The van der Waals surface area contributed by atoms with Crippen molar-refractivity contribution in [1.29, 1.82) is 0 Å². The van der Waals surface area contributed by atoms with Gasteiger partial charge >= 0.3 is 5.97 Å². The van der Waals surface area contributed by atoms with E-state index in [4.69, 9.17) is 9.47 Å². The van der Waals surface area contributed by atoms with Crippen molar-refractivity contribution >= 4 is 17.6 Å². The van der Waals surface area contributed by atoms with Crippen molar-refractivity contribution in [3.05, 3.63) is 58.7 Å². The number of amides is 1. The number of hydrogen-bond donors (Lipinski definition) is 1. The van der Waals surface area contributed by atoms with Crippen molar-refractivity contribution in [3.8, 4) is 5.75 Å². The minimum absolute atomic E-state index is 0.262. The number of esters is 1. The summed E-state index contributed by atoms with van der Waals surface area (Å²) in [5.74, 6) is 0.0524. The van der Waals surface area contributed by atoms with Gasteiger partial charge in [-0.3, -0.25) is 4.79 Å². The van der Waals surface area contributed by atoms with Crippen molar-refractivity contribution in [2.24, 2.45) is 0 Å². The minimum Gasteiger partial charge on any atom is -0.481 e. The zero-order valence-corrected chi connectivity index (χ0v) is 16.7. The highest BCUT2D eigenvalue weighted by Gasteiger charge is 2.19. The quantitative estimate of drug-likeness (QED) is 0.751. The second-order valence-electron chi connectivity index (χ2n) is 7.09. The SMILES string of the molecule is CCOC(=O)c1cccc(NC(=O)C(C)Oc2ccc3c(c2)CCCC3)c1C. The molecule has 1 unspecified atom stereocenters. The number of aryl methyl sites for hydroxylation is 2. The highest BCUT2D eigenvalue weighted by Crippen LogP contribution is 2.26. The first-order valence-electron chi connectivity index (χ1n) is 9.85. The molecular formula is C23H27NO4. The molecule has 2 aromatic rings. The Kier molecular flexibility index (Phi) is 6.34. The van der Waals surface area contributed by atoms with Gasteiger partial charge in [0, 0.05) is 5.69 Å². The molecule has 28 heavy (non-hydrogen) atoms. The van der Waals surface area contributed by atoms with Gasteiger partial charge in [0.2, 0.25) is 0 Å². The first-order chi connectivity index (χ1) is 13.5. The molecule has 0 heterocycles. The number of carbonyl (C=O) groups excluding carboxylic acids is 2. The van der Waals surface area contributed by atoms with E-state index in [9.17, 15) is 9.59 Å². The number of hydrogen-bond acceptors (Lipinski definition) is 4. The molecule has 0 fully saturated rings. The second-order valence-corrected chi connectivity index (χ2v) is 7.09. The molecule has 1 amide bonds. The molecule has 1 aliphatic rings. The number of fused-ring (bicyclic) bond motifs is 1. The lowest BCUT2D eigenvalue weighted by atomic mass is 9.92. The molecule has 5 nitrogen and oxygen atoms in total. The molecule has 0 radical (unpaired) electrons. The summed E-state index contributed by atoms with van der Waals surface area (Å²) in [5.41, 5.74) is 4.39. The number of benzene rings is 2. The Morgan fingerprint density at radius 1 is 1.11 bits per heavy atom. The number of nitrogens with one attached hydrogen (secondary N) is 1. The van der Waals surface area contributed by atoms with E-state index in [1.54, 1.807) is 39.0 Å². The van der Waals surface area contributed by atoms with Crippen LogP contribution in [0.3, 0.4) is 0 Å². The zero-order valence-electron chi connectivity index (χ0n) is 16.7. The molecule has 148 valence electrons.